The van der Waals surface area contributed by atoms with Crippen LogP contribution in [0.5, 0.6) is 0 Å². The zero-order valence-corrected chi connectivity index (χ0v) is 38.7. The van der Waals surface area contributed by atoms with Crippen molar-refractivity contribution in [1.29, 1.82) is 0 Å². The van der Waals surface area contributed by atoms with Crippen molar-refractivity contribution in [2.24, 2.45) is 11.1 Å². The first-order chi connectivity index (χ1) is 32.0. The van der Waals surface area contributed by atoms with Gasteiger partial charge in [0.25, 0.3) is 0 Å². The minimum Gasteiger partial charge on any atom is -0.481 e. The molecule has 0 aliphatic rings. The van der Waals surface area contributed by atoms with Gasteiger partial charge in [-0.05, 0) is 48.6 Å². The Morgan fingerprint density at radius 2 is 1.46 bits per heavy atom. The van der Waals surface area contributed by atoms with E-state index < -0.39 is 120 Å². The summed E-state index contributed by atoms with van der Waals surface area (Å²) in [6.45, 7) is 6.27. The van der Waals surface area contributed by atoms with Gasteiger partial charge in [0.1, 0.15) is 36.4 Å². The van der Waals surface area contributed by atoms with E-state index in [9.17, 15) is 52.6 Å². The number of primary amides is 1. The van der Waals surface area contributed by atoms with Gasteiger partial charge in [0, 0.05) is 62.0 Å². The Kier molecular flexibility index (Phi) is 21.2. The molecular weight excluding hydrogens is 893 g/mol. The summed E-state index contributed by atoms with van der Waals surface area (Å²) < 4.78 is 31.6. The minimum atomic E-state index is -1.65. The number of rotatable bonds is 26. The maximum absolute atomic E-state index is 15.3. The molecular formula is C46H61F2N9O11. The van der Waals surface area contributed by atoms with Gasteiger partial charge in [0.15, 0.2) is 0 Å². The number of carboxylic acids is 1. The molecule has 0 aliphatic heterocycles. The molecule has 20 nitrogen and oxygen atoms in total. The molecule has 3 aromatic rings. The van der Waals surface area contributed by atoms with Gasteiger partial charge in [0.2, 0.25) is 47.3 Å². The number of halogens is 2. The van der Waals surface area contributed by atoms with Crippen LogP contribution in [0.4, 0.5) is 8.78 Å². The summed E-state index contributed by atoms with van der Waals surface area (Å²) in [6, 6.07) is 8.50. The van der Waals surface area contributed by atoms with E-state index in [0.29, 0.717) is 5.69 Å². The number of nitrogens with zero attached hydrogens (tertiary/aromatic N) is 2. The van der Waals surface area contributed by atoms with Crippen LogP contribution in [0.2, 0.25) is 0 Å². The third-order valence-electron chi connectivity index (χ3n) is 10.4. The second-order valence-electron chi connectivity index (χ2n) is 16.9. The number of nitrogens with one attached hydrogen (secondary N) is 6. The average molecular weight is 954 g/mol. The fraction of sp³-hybridized carbons (Fsp3) is 0.457. The van der Waals surface area contributed by atoms with Crippen molar-refractivity contribution in [2.45, 2.75) is 97.4 Å². The van der Waals surface area contributed by atoms with E-state index in [0.717, 1.165) is 23.8 Å². The summed E-state index contributed by atoms with van der Waals surface area (Å²) >= 11 is 0. The van der Waals surface area contributed by atoms with Crippen LogP contribution >= 0.6 is 0 Å². The number of aromatic nitrogens is 1. The zero-order chi connectivity index (χ0) is 50.7. The number of aliphatic hydroxyl groups is 1. The molecule has 1 aromatic heterocycles. The van der Waals surface area contributed by atoms with Crippen LogP contribution in [0.25, 0.3) is 11.1 Å². The molecule has 3 rings (SSSR count). The van der Waals surface area contributed by atoms with Gasteiger partial charge >= 0.3 is 5.97 Å². The van der Waals surface area contributed by atoms with Gasteiger partial charge in [-0.15, -0.1) is 0 Å². The molecule has 0 fully saturated rings. The third kappa shape index (κ3) is 17.5. The SMILES string of the molecule is CCC(=O)N[C@@H](C)C(=O)N[C@@H](CC(N)=O)C(=O)N[C@@H](CCN(C(=O)CO)[C@@H](c1cc(-c2cc(F)ccc2F)cn1Cc1ccccc1)C(C)(C)C)C(=O)NCCNC(=O)CNC(=O)CCC(=O)O. The Labute approximate surface area is 392 Å². The van der Waals surface area contributed by atoms with E-state index >= 15 is 4.39 Å². The third-order valence-corrected chi connectivity index (χ3v) is 10.4. The van der Waals surface area contributed by atoms with E-state index in [1.54, 1.807) is 44.5 Å². The molecule has 22 heteroatoms. The maximum atomic E-state index is 15.3. The molecule has 2 aromatic carbocycles. The van der Waals surface area contributed by atoms with Crippen molar-refractivity contribution in [2.75, 3.05) is 32.8 Å². The summed E-state index contributed by atoms with van der Waals surface area (Å²) in [5, 5.41) is 33.7. The van der Waals surface area contributed by atoms with E-state index in [2.05, 4.69) is 31.9 Å². The van der Waals surface area contributed by atoms with Gasteiger partial charge in [-0.1, -0.05) is 58.0 Å². The van der Waals surface area contributed by atoms with Crippen LogP contribution in [0.15, 0.2) is 60.8 Å². The smallest absolute Gasteiger partial charge is 0.303 e. The Morgan fingerprint density at radius 1 is 0.794 bits per heavy atom. The molecule has 0 bridgehead atoms. The van der Waals surface area contributed by atoms with Gasteiger partial charge in [-0.2, -0.15) is 0 Å². The highest BCUT2D eigenvalue weighted by molar-refractivity contribution is 5.96. The van der Waals surface area contributed by atoms with Crippen molar-refractivity contribution >= 4 is 53.2 Å². The Balaban J connectivity index is 2.02. The highest BCUT2D eigenvalue weighted by atomic mass is 19.1. The first-order valence-electron chi connectivity index (χ1n) is 21.9. The topological polar surface area (TPSA) is 300 Å². The predicted molar refractivity (Wildman–Crippen MR) is 242 cm³/mol. The number of amides is 8. The lowest BCUT2D eigenvalue weighted by Gasteiger charge is -2.41. The van der Waals surface area contributed by atoms with E-state index in [1.165, 1.54) is 11.8 Å². The summed E-state index contributed by atoms with van der Waals surface area (Å²) in [4.78, 5) is 115. The summed E-state index contributed by atoms with van der Waals surface area (Å²) in [5.41, 5.74) is 6.04. The highest BCUT2D eigenvalue weighted by Crippen LogP contribution is 2.41. The number of carboxylic acid groups (broad SMARTS) is 1. The number of aliphatic hydroxyl groups excluding tert-OH is 1. The number of aliphatic carboxylic acids is 1. The molecule has 1 heterocycles. The molecule has 0 saturated carbocycles. The Bertz CT molecular complexity index is 2280. The van der Waals surface area contributed by atoms with Crippen LogP contribution < -0.4 is 37.6 Å². The molecule has 4 atom stereocenters. The predicted octanol–water partition coefficient (Wildman–Crippen LogP) is 0.753. The second kappa shape index (κ2) is 26.2. The van der Waals surface area contributed by atoms with E-state index in [1.807, 2.05) is 30.3 Å². The van der Waals surface area contributed by atoms with Crippen LogP contribution in [0.1, 0.15) is 84.0 Å². The molecule has 68 heavy (non-hydrogen) atoms. The molecule has 0 radical (unpaired) electrons. The van der Waals surface area contributed by atoms with Crippen molar-refractivity contribution in [1.82, 2.24) is 41.4 Å². The van der Waals surface area contributed by atoms with Crippen molar-refractivity contribution in [3.8, 4) is 11.1 Å². The minimum absolute atomic E-state index is 0.0475. The normalized spacial score (nSPS) is 12.9. The lowest BCUT2D eigenvalue weighted by molar-refractivity contribution is -0.140. The summed E-state index contributed by atoms with van der Waals surface area (Å²) in [7, 11) is 0. The number of carbonyl (C=O) groups excluding carboxylic acids is 8. The second-order valence-corrected chi connectivity index (χ2v) is 16.9. The highest BCUT2D eigenvalue weighted by Gasteiger charge is 2.38. The average Bonchev–Trinajstić information content (AvgIpc) is 3.68. The first-order valence-corrected chi connectivity index (χ1v) is 21.9. The van der Waals surface area contributed by atoms with Crippen molar-refractivity contribution in [3.63, 3.8) is 0 Å². The number of carbonyl (C=O) groups is 9. The van der Waals surface area contributed by atoms with Crippen LogP contribution in [-0.2, 0) is 49.7 Å². The quantitative estimate of drug-likeness (QED) is 0.0506. The molecule has 370 valence electrons. The van der Waals surface area contributed by atoms with Crippen LogP contribution in [0.3, 0.4) is 0 Å². The molecule has 0 spiro atoms. The lowest BCUT2D eigenvalue weighted by Crippen LogP contribution is -2.58. The number of benzene rings is 2. The molecule has 0 unspecified atom stereocenters. The van der Waals surface area contributed by atoms with Crippen molar-refractivity contribution < 1.29 is 62.1 Å². The Morgan fingerprint density at radius 3 is 2.07 bits per heavy atom. The van der Waals surface area contributed by atoms with Gasteiger partial charge in [0.05, 0.1) is 25.4 Å². The monoisotopic (exact) mass is 953 g/mol. The van der Waals surface area contributed by atoms with Crippen LogP contribution in [0, 0.1) is 17.0 Å². The maximum Gasteiger partial charge on any atom is 0.303 e. The van der Waals surface area contributed by atoms with Gasteiger partial charge in [-0.25, -0.2) is 8.78 Å². The van der Waals surface area contributed by atoms with Crippen molar-refractivity contribution in [3.05, 3.63) is 83.7 Å². The summed E-state index contributed by atoms with van der Waals surface area (Å²) in [5.74, 6) is -8.99. The number of nitrogens with two attached hydrogens (primary N) is 1. The number of hydrogen-bond acceptors (Lipinski definition) is 10. The fourth-order valence-electron chi connectivity index (χ4n) is 7.09. The van der Waals surface area contributed by atoms with Gasteiger partial charge < -0.3 is 57.3 Å². The first kappa shape index (κ1) is 55.1. The Hall–Kier alpha value is -7.23. The fourth-order valence-corrected chi connectivity index (χ4v) is 7.09. The number of hydrogen-bond donors (Lipinski definition) is 9. The summed E-state index contributed by atoms with van der Waals surface area (Å²) in [6.07, 6.45) is -0.218. The largest absolute Gasteiger partial charge is 0.481 e. The molecule has 0 aliphatic carbocycles. The van der Waals surface area contributed by atoms with E-state index in [4.69, 9.17) is 10.8 Å². The lowest BCUT2D eigenvalue weighted by atomic mass is 9.82. The van der Waals surface area contributed by atoms with Gasteiger partial charge in [-0.3, -0.25) is 43.2 Å². The zero-order valence-electron chi connectivity index (χ0n) is 38.7. The molecule has 8 amide bonds. The molecule has 10 N–H and O–H groups in total. The van der Waals surface area contributed by atoms with E-state index in [-0.39, 0.29) is 56.6 Å². The van der Waals surface area contributed by atoms with Crippen LogP contribution in [-0.4, -0.2) is 124 Å². The standard InChI is InChI=1S/C46H61F2N9O11/c1-6-37(60)53-27(2)43(66)55-34(22-36(49)59)45(68)54-33(44(67)51-18-17-50-39(62)23-52-38(61)14-15-41(64)65)16-19-57(40(63)26-58)42(46(3,4)5)35-20-29(31-21-30(47)12-13-32(31)48)25-56(35)24-28-10-8-7-9-11-28/h7-13,20-21,25,27,33-34,42,58H,6,14-19,22-24,26H2,1-5H3,(H2,49,59)(H,50,62)(H,51,67)(H,52,61)(H,53,60)(H,54,68)(H,55,66)(H,64,65)/t27-,33-,34-,42-/m0/s1. The molecule has 0 saturated heterocycles.